The first-order valence-electron chi connectivity index (χ1n) is 6.84. The van der Waals surface area contributed by atoms with Crippen LogP contribution in [0, 0.1) is 0 Å². The number of carbonyl (C=O) groups excluding carboxylic acids is 1. The molecule has 2 rings (SSSR count). The van der Waals surface area contributed by atoms with E-state index >= 15 is 0 Å². The maximum atomic E-state index is 11.9. The van der Waals surface area contributed by atoms with E-state index in [1.54, 1.807) is 0 Å². The van der Waals surface area contributed by atoms with Crippen molar-refractivity contribution < 1.29 is 9.53 Å². The van der Waals surface area contributed by atoms with E-state index in [4.69, 9.17) is 4.74 Å². The van der Waals surface area contributed by atoms with Gasteiger partial charge in [-0.3, -0.25) is 9.48 Å². The third kappa shape index (κ3) is 3.42. The Hall–Kier alpha value is -1.16. The topological polar surface area (TPSA) is 44.1 Å². The van der Waals surface area contributed by atoms with Crippen molar-refractivity contribution in [3.63, 3.8) is 0 Å². The van der Waals surface area contributed by atoms with Crippen molar-refractivity contribution in [1.29, 1.82) is 0 Å². The van der Waals surface area contributed by atoms with Crippen LogP contribution in [0.3, 0.4) is 0 Å². The number of rotatable bonds is 6. The molecule has 0 N–H and O–H groups in total. The van der Waals surface area contributed by atoms with Crippen LogP contribution in [0.4, 0.5) is 0 Å². The Morgan fingerprint density at radius 3 is 3.06 bits per heavy atom. The van der Waals surface area contributed by atoms with Gasteiger partial charge in [-0.2, -0.15) is 5.10 Å². The molecule has 0 radical (unpaired) electrons. The van der Waals surface area contributed by atoms with Crippen molar-refractivity contribution in [1.82, 2.24) is 9.78 Å². The molecule has 100 valence electrons. The monoisotopic (exact) mass is 250 g/mol. The van der Waals surface area contributed by atoms with Gasteiger partial charge in [0.15, 0.2) is 0 Å². The zero-order chi connectivity index (χ0) is 13.0. The number of aromatic nitrogens is 2. The van der Waals surface area contributed by atoms with Crippen molar-refractivity contribution in [2.24, 2.45) is 7.05 Å². The molecule has 1 aliphatic heterocycles. The first-order valence-corrected chi connectivity index (χ1v) is 6.84. The lowest BCUT2D eigenvalue weighted by atomic mass is 10.1. The summed E-state index contributed by atoms with van der Waals surface area (Å²) in [6.45, 7) is 2.94. The minimum absolute atomic E-state index is 0.288. The molecule has 0 aromatic carbocycles. The van der Waals surface area contributed by atoms with Crippen LogP contribution in [0.25, 0.3) is 0 Å². The number of ketones is 1. The summed E-state index contributed by atoms with van der Waals surface area (Å²) in [5.41, 5.74) is 2.07. The second-order valence-corrected chi connectivity index (χ2v) is 4.99. The van der Waals surface area contributed by atoms with Gasteiger partial charge < -0.3 is 4.74 Å². The van der Waals surface area contributed by atoms with E-state index in [2.05, 4.69) is 12.0 Å². The van der Waals surface area contributed by atoms with Crippen LogP contribution in [0.1, 0.15) is 44.0 Å². The molecule has 2 heterocycles. The Morgan fingerprint density at radius 1 is 1.61 bits per heavy atom. The van der Waals surface area contributed by atoms with Gasteiger partial charge in [-0.05, 0) is 31.7 Å². The molecule has 1 saturated heterocycles. The fourth-order valence-corrected chi connectivity index (χ4v) is 2.39. The smallest absolute Gasteiger partial charge is 0.138 e. The predicted octanol–water partition coefficient (Wildman–Crippen LogP) is 2.05. The van der Waals surface area contributed by atoms with Crippen LogP contribution in [-0.2, 0) is 29.4 Å². The molecule has 0 bridgehead atoms. The van der Waals surface area contributed by atoms with Gasteiger partial charge in [-0.25, -0.2) is 0 Å². The lowest BCUT2D eigenvalue weighted by molar-refractivity contribution is -0.119. The molecule has 1 fully saturated rings. The Morgan fingerprint density at radius 2 is 2.44 bits per heavy atom. The number of nitrogens with zero attached hydrogens (tertiary/aromatic N) is 2. The molecule has 0 aliphatic carbocycles. The van der Waals surface area contributed by atoms with Crippen molar-refractivity contribution in [2.75, 3.05) is 6.61 Å². The highest BCUT2D eigenvalue weighted by Gasteiger charge is 2.17. The van der Waals surface area contributed by atoms with E-state index in [1.165, 1.54) is 0 Å². The van der Waals surface area contributed by atoms with Gasteiger partial charge >= 0.3 is 0 Å². The van der Waals surface area contributed by atoms with Gasteiger partial charge in [0.1, 0.15) is 5.78 Å². The maximum absolute atomic E-state index is 11.9. The molecule has 1 atom stereocenters. The van der Waals surface area contributed by atoms with Crippen molar-refractivity contribution in [3.8, 4) is 0 Å². The summed E-state index contributed by atoms with van der Waals surface area (Å²) >= 11 is 0. The average molecular weight is 250 g/mol. The lowest BCUT2D eigenvalue weighted by Gasteiger charge is -2.08. The second-order valence-electron chi connectivity index (χ2n) is 4.99. The number of aryl methyl sites for hydroxylation is 2. The number of carbonyl (C=O) groups is 1. The average Bonchev–Trinajstić information content (AvgIpc) is 2.97. The summed E-state index contributed by atoms with van der Waals surface area (Å²) in [4.78, 5) is 11.9. The van der Waals surface area contributed by atoms with Crippen LogP contribution in [0.2, 0.25) is 0 Å². The van der Waals surface area contributed by atoms with E-state index in [9.17, 15) is 4.79 Å². The van der Waals surface area contributed by atoms with E-state index in [1.807, 2.05) is 17.8 Å². The maximum Gasteiger partial charge on any atom is 0.138 e. The van der Waals surface area contributed by atoms with Gasteiger partial charge in [-0.15, -0.1) is 0 Å². The van der Waals surface area contributed by atoms with Gasteiger partial charge in [0.2, 0.25) is 0 Å². The van der Waals surface area contributed by atoms with E-state index < -0.39 is 0 Å². The Bertz CT molecular complexity index is 406. The Kier molecular flexibility index (Phi) is 4.53. The van der Waals surface area contributed by atoms with Crippen molar-refractivity contribution >= 4 is 5.78 Å². The molecule has 4 heteroatoms. The van der Waals surface area contributed by atoms with Crippen molar-refractivity contribution in [3.05, 3.63) is 17.5 Å². The summed E-state index contributed by atoms with van der Waals surface area (Å²) < 4.78 is 7.35. The van der Waals surface area contributed by atoms with Gasteiger partial charge in [0, 0.05) is 32.2 Å². The SMILES string of the molecule is CCc1cc(CC(=O)CCC2CCCO2)n(C)n1. The number of hydrogen-bond donors (Lipinski definition) is 0. The van der Waals surface area contributed by atoms with Crippen LogP contribution >= 0.6 is 0 Å². The van der Waals surface area contributed by atoms with E-state index in [0.29, 0.717) is 18.9 Å². The molecule has 1 aromatic rings. The molecular formula is C14H22N2O2. The van der Waals surface area contributed by atoms with Gasteiger partial charge in [0.25, 0.3) is 0 Å². The summed E-state index contributed by atoms with van der Waals surface area (Å²) in [5.74, 6) is 0.288. The zero-order valence-corrected chi connectivity index (χ0v) is 11.3. The third-order valence-electron chi connectivity index (χ3n) is 3.54. The number of ether oxygens (including phenoxy) is 1. The lowest BCUT2D eigenvalue weighted by Crippen LogP contribution is -2.12. The molecule has 0 amide bonds. The highest BCUT2D eigenvalue weighted by atomic mass is 16.5. The fourth-order valence-electron chi connectivity index (χ4n) is 2.39. The largest absolute Gasteiger partial charge is 0.378 e. The standard InChI is InChI=1S/C14H22N2O2/c1-3-11-9-12(16(2)15-11)10-13(17)6-7-14-5-4-8-18-14/h9,14H,3-8,10H2,1-2H3. The highest BCUT2D eigenvalue weighted by Crippen LogP contribution is 2.17. The summed E-state index contributed by atoms with van der Waals surface area (Å²) in [6.07, 6.45) is 5.47. The van der Waals surface area contributed by atoms with E-state index in [0.717, 1.165) is 43.7 Å². The number of Topliss-reactive ketones (excluding diaryl/α,β-unsaturated/α-hetero) is 1. The van der Waals surface area contributed by atoms with Crippen LogP contribution in [0.15, 0.2) is 6.07 Å². The molecule has 1 aliphatic rings. The summed E-state index contributed by atoms with van der Waals surface area (Å²) in [6, 6.07) is 2.03. The second kappa shape index (κ2) is 6.14. The highest BCUT2D eigenvalue weighted by molar-refractivity contribution is 5.80. The predicted molar refractivity (Wildman–Crippen MR) is 69.5 cm³/mol. The normalized spacial score (nSPS) is 19.3. The summed E-state index contributed by atoms with van der Waals surface area (Å²) in [5, 5.41) is 4.36. The summed E-state index contributed by atoms with van der Waals surface area (Å²) in [7, 11) is 1.90. The number of hydrogen-bond acceptors (Lipinski definition) is 3. The third-order valence-corrected chi connectivity index (χ3v) is 3.54. The van der Waals surface area contributed by atoms with E-state index in [-0.39, 0.29) is 5.78 Å². The molecule has 1 aromatic heterocycles. The molecular weight excluding hydrogens is 228 g/mol. The quantitative estimate of drug-likeness (QED) is 0.776. The molecule has 18 heavy (non-hydrogen) atoms. The van der Waals surface area contributed by atoms with Crippen LogP contribution in [-0.4, -0.2) is 28.3 Å². The first-order chi connectivity index (χ1) is 8.69. The molecule has 0 saturated carbocycles. The zero-order valence-electron chi connectivity index (χ0n) is 11.3. The van der Waals surface area contributed by atoms with Crippen LogP contribution < -0.4 is 0 Å². The minimum Gasteiger partial charge on any atom is -0.378 e. The van der Waals surface area contributed by atoms with Gasteiger partial charge in [0.05, 0.1) is 11.8 Å². The van der Waals surface area contributed by atoms with Gasteiger partial charge in [-0.1, -0.05) is 6.92 Å². The Balaban J connectivity index is 1.80. The van der Waals surface area contributed by atoms with Crippen LogP contribution in [0.5, 0.6) is 0 Å². The molecule has 0 spiro atoms. The van der Waals surface area contributed by atoms with Crippen molar-refractivity contribution in [2.45, 2.75) is 51.6 Å². The molecule has 1 unspecified atom stereocenters. The Labute approximate surface area is 108 Å². The molecule has 4 nitrogen and oxygen atoms in total. The fraction of sp³-hybridized carbons (Fsp3) is 0.714. The minimum atomic E-state index is 0.288. The first kappa shape index (κ1) is 13.3.